The monoisotopic (exact) mass is 249 g/mol. The Hall–Kier alpha value is -1.71. The van der Waals surface area contributed by atoms with Gasteiger partial charge in [-0.2, -0.15) is 0 Å². The summed E-state index contributed by atoms with van der Waals surface area (Å²) in [6.07, 6.45) is 3.85. The molecular weight excluding hydrogens is 230 g/mol. The molecule has 1 aromatic carbocycles. The highest BCUT2D eigenvalue weighted by Gasteiger charge is 2.24. The molecule has 0 aromatic heterocycles. The minimum absolute atomic E-state index is 0.00962. The molecule has 1 amide bonds. The standard InChI is InChI=1S/C14H19NO3/c1-10-6-2-5-9-13(10)18-14(17)15-11-7-3-4-8-12(11)16/h3-4,7-8,10,13,16H,2,5-6,9H2,1H3,(H,15,17). The summed E-state index contributed by atoms with van der Waals surface area (Å²) in [6.45, 7) is 2.11. The highest BCUT2D eigenvalue weighted by Crippen LogP contribution is 2.27. The summed E-state index contributed by atoms with van der Waals surface area (Å²) in [5.74, 6) is 0.458. The second kappa shape index (κ2) is 5.76. The number of rotatable bonds is 2. The van der Waals surface area contributed by atoms with E-state index in [0.717, 1.165) is 19.3 Å². The molecule has 0 bridgehead atoms. The third-order valence-corrected chi connectivity index (χ3v) is 3.43. The fraction of sp³-hybridized carbons (Fsp3) is 0.500. The maximum absolute atomic E-state index is 11.7. The minimum atomic E-state index is -0.491. The predicted octanol–water partition coefficient (Wildman–Crippen LogP) is 3.52. The molecule has 1 aliphatic rings. The number of aromatic hydroxyl groups is 1. The summed E-state index contributed by atoms with van der Waals surface area (Å²) < 4.78 is 5.40. The number of carbonyl (C=O) groups excluding carboxylic acids is 1. The third kappa shape index (κ3) is 3.15. The first-order valence-corrected chi connectivity index (χ1v) is 6.42. The van der Waals surface area contributed by atoms with Crippen LogP contribution in [0.25, 0.3) is 0 Å². The average Bonchev–Trinajstić information content (AvgIpc) is 2.35. The molecule has 1 aromatic rings. The maximum atomic E-state index is 11.7. The fourth-order valence-electron chi connectivity index (χ4n) is 2.31. The van der Waals surface area contributed by atoms with Gasteiger partial charge < -0.3 is 9.84 Å². The molecule has 0 spiro atoms. The quantitative estimate of drug-likeness (QED) is 0.788. The van der Waals surface area contributed by atoms with Crippen molar-refractivity contribution in [3.8, 4) is 5.75 Å². The van der Waals surface area contributed by atoms with E-state index in [0.29, 0.717) is 11.6 Å². The normalized spacial score (nSPS) is 23.4. The summed E-state index contributed by atoms with van der Waals surface area (Å²) in [7, 11) is 0. The van der Waals surface area contributed by atoms with Gasteiger partial charge in [0.25, 0.3) is 0 Å². The van der Waals surface area contributed by atoms with Gasteiger partial charge in [-0.3, -0.25) is 5.32 Å². The molecule has 4 nitrogen and oxygen atoms in total. The van der Waals surface area contributed by atoms with Gasteiger partial charge in [0.1, 0.15) is 11.9 Å². The fourth-order valence-corrected chi connectivity index (χ4v) is 2.31. The van der Waals surface area contributed by atoms with Crippen LogP contribution in [-0.2, 0) is 4.74 Å². The smallest absolute Gasteiger partial charge is 0.412 e. The molecule has 1 fully saturated rings. The second-order valence-electron chi connectivity index (χ2n) is 4.85. The number of ether oxygens (including phenoxy) is 1. The minimum Gasteiger partial charge on any atom is -0.506 e. The highest BCUT2D eigenvalue weighted by atomic mass is 16.6. The number of para-hydroxylation sites is 2. The van der Waals surface area contributed by atoms with Crippen LogP contribution in [0, 0.1) is 5.92 Å². The first-order chi connectivity index (χ1) is 8.66. The SMILES string of the molecule is CC1CCCCC1OC(=O)Nc1ccccc1O. The van der Waals surface area contributed by atoms with Crippen LogP contribution in [-0.4, -0.2) is 17.3 Å². The number of anilines is 1. The molecule has 1 aliphatic carbocycles. The van der Waals surface area contributed by atoms with Crippen molar-refractivity contribution in [3.63, 3.8) is 0 Å². The molecule has 98 valence electrons. The number of nitrogens with one attached hydrogen (secondary N) is 1. The lowest BCUT2D eigenvalue weighted by Crippen LogP contribution is -2.30. The van der Waals surface area contributed by atoms with Gasteiger partial charge in [0.15, 0.2) is 0 Å². The number of phenolic OH excluding ortho intramolecular Hbond substituents is 1. The van der Waals surface area contributed by atoms with Gasteiger partial charge in [-0.05, 0) is 37.3 Å². The number of amides is 1. The number of benzene rings is 1. The van der Waals surface area contributed by atoms with Gasteiger partial charge >= 0.3 is 6.09 Å². The summed E-state index contributed by atoms with van der Waals surface area (Å²) in [5.41, 5.74) is 0.381. The lowest BCUT2D eigenvalue weighted by atomic mass is 9.88. The van der Waals surface area contributed by atoms with Crippen LogP contribution < -0.4 is 5.32 Å². The van der Waals surface area contributed by atoms with Gasteiger partial charge in [0, 0.05) is 0 Å². The average molecular weight is 249 g/mol. The van der Waals surface area contributed by atoms with Gasteiger partial charge in [-0.15, -0.1) is 0 Å². The molecule has 0 heterocycles. The van der Waals surface area contributed by atoms with E-state index in [1.807, 2.05) is 0 Å². The molecule has 4 heteroatoms. The van der Waals surface area contributed by atoms with E-state index in [4.69, 9.17) is 4.74 Å². The summed E-state index contributed by atoms with van der Waals surface area (Å²) >= 11 is 0. The number of phenols is 1. The zero-order valence-corrected chi connectivity index (χ0v) is 10.6. The molecule has 0 aliphatic heterocycles. The van der Waals surface area contributed by atoms with Crippen LogP contribution in [0.15, 0.2) is 24.3 Å². The molecule has 2 atom stereocenters. The number of hydrogen-bond donors (Lipinski definition) is 2. The summed E-state index contributed by atoms with van der Waals surface area (Å²) in [5, 5.41) is 12.1. The van der Waals surface area contributed by atoms with Gasteiger partial charge in [-0.1, -0.05) is 25.5 Å². The van der Waals surface area contributed by atoms with E-state index < -0.39 is 6.09 Å². The van der Waals surface area contributed by atoms with Crippen molar-refractivity contribution in [1.29, 1.82) is 0 Å². The van der Waals surface area contributed by atoms with E-state index in [1.165, 1.54) is 12.5 Å². The van der Waals surface area contributed by atoms with Crippen molar-refractivity contribution in [1.82, 2.24) is 0 Å². The summed E-state index contributed by atoms with van der Waals surface area (Å²) in [4.78, 5) is 11.7. The van der Waals surface area contributed by atoms with Crippen molar-refractivity contribution < 1.29 is 14.6 Å². The molecule has 2 N–H and O–H groups in total. The zero-order chi connectivity index (χ0) is 13.0. The Morgan fingerprint density at radius 2 is 2.06 bits per heavy atom. The van der Waals surface area contributed by atoms with Gasteiger partial charge in [-0.25, -0.2) is 4.79 Å². The number of carbonyl (C=O) groups is 1. The Kier molecular flexibility index (Phi) is 4.07. The lowest BCUT2D eigenvalue weighted by Gasteiger charge is -2.28. The molecule has 1 saturated carbocycles. The molecule has 2 unspecified atom stereocenters. The van der Waals surface area contributed by atoms with Gasteiger partial charge in [0.05, 0.1) is 5.69 Å². The third-order valence-electron chi connectivity index (χ3n) is 3.43. The maximum Gasteiger partial charge on any atom is 0.412 e. The summed E-state index contributed by atoms with van der Waals surface area (Å²) in [6, 6.07) is 6.62. The van der Waals surface area contributed by atoms with E-state index in [-0.39, 0.29) is 11.9 Å². The van der Waals surface area contributed by atoms with Crippen molar-refractivity contribution in [3.05, 3.63) is 24.3 Å². The van der Waals surface area contributed by atoms with E-state index in [2.05, 4.69) is 12.2 Å². The van der Waals surface area contributed by atoms with Crippen LogP contribution in [0.5, 0.6) is 5.75 Å². The van der Waals surface area contributed by atoms with Gasteiger partial charge in [0.2, 0.25) is 0 Å². The first-order valence-electron chi connectivity index (χ1n) is 6.42. The van der Waals surface area contributed by atoms with E-state index in [9.17, 15) is 9.90 Å². The Morgan fingerprint density at radius 3 is 2.78 bits per heavy atom. The Labute approximate surface area is 107 Å². The number of hydrogen-bond acceptors (Lipinski definition) is 3. The molecule has 2 rings (SSSR count). The molecule has 0 radical (unpaired) electrons. The van der Waals surface area contributed by atoms with Crippen LogP contribution >= 0.6 is 0 Å². The molecule has 18 heavy (non-hydrogen) atoms. The zero-order valence-electron chi connectivity index (χ0n) is 10.6. The largest absolute Gasteiger partial charge is 0.506 e. The Balaban J connectivity index is 1.90. The van der Waals surface area contributed by atoms with E-state index in [1.54, 1.807) is 18.2 Å². The lowest BCUT2D eigenvalue weighted by molar-refractivity contribution is 0.0524. The predicted molar refractivity (Wildman–Crippen MR) is 69.6 cm³/mol. The van der Waals surface area contributed by atoms with Crippen molar-refractivity contribution >= 4 is 11.8 Å². The molecular formula is C14H19NO3. The van der Waals surface area contributed by atoms with Crippen molar-refractivity contribution in [2.24, 2.45) is 5.92 Å². The Bertz CT molecular complexity index is 419. The Morgan fingerprint density at radius 1 is 1.33 bits per heavy atom. The van der Waals surface area contributed by atoms with Crippen LogP contribution in [0.3, 0.4) is 0 Å². The van der Waals surface area contributed by atoms with Crippen LogP contribution in [0.1, 0.15) is 32.6 Å². The second-order valence-corrected chi connectivity index (χ2v) is 4.85. The topological polar surface area (TPSA) is 58.6 Å². The van der Waals surface area contributed by atoms with Crippen LogP contribution in [0.2, 0.25) is 0 Å². The first kappa shape index (κ1) is 12.7. The molecule has 0 saturated heterocycles. The highest BCUT2D eigenvalue weighted by molar-refractivity contribution is 5.86. The van der Waals surface area contributed by atoms with Crippen LogP contribution in [0.4, 0.5) is 10.5 Å². The van der Waals surface area contributed by atoms with Crippen molar-refractivity contribution in [2.45, 2.75) is 38.7 Å². The van der Waals surface area contributed by atoms with Crippen molar-refractivity contribution in [2.75, 3.05) is 5.32 Å². The van der Waals surface area contributed by atoms with E-state index >= 15 is 0 Å².